The fraction of sp³-hybridized carbons (Fsp3) is 0.222. The normalized spacial score (nSPS) is 8.34. The molecule has 0 radical (unpaired) electrons. The van der Waals surface area contributed by atoms with Gasteiger partial charge in [-0.2, -0.15) is 0 Å². The summed E-state index contributed by atoms with van der Waals surface area (Å²) in [4.78, 5) is 39.4. The number of carbonyl (C=O) groups is 4. The summed E-state index contributed by atoms with van der Waals surface area (Å²) in [5.41, 5.74) is -0.380. The molecule has 11 nitrogen and oxygen atoms in total. The lowest BCUT2D eigenvalue weighted by Crippen LogP contribution is -2.06. The van der Waals surface area contributed by atoms with Crippen LogP contribution in [0.1, 0.15) is 20.7 Å². The second-order valence-corrected chi connectivity index (χ2v) is 4.30. The molecular formula is C18H24O11. The maximum absolute atomic E-state index is 10.5. The van der Waals surface area contributed by atoms with Crippen molar-refractivity contribution in [2.45, 2.75) is 0 Å². The highest BCUT2D eigenvalue weighted by Gasteiger charge is 2.13. The first-order valence-corrected chi connectivity index (χ1v) is 7.64. The minimum atomic E-state index is -1.23. The summed E-state index contributed by atoms with van der Waals surface area (Å²) in [7, 11) is 0. The predicted octanol–water partition coefficient (Wildman–Crippen LogP) is 0.585. The fourth-order valence-electron chi connectivity index (χ4n) is 1.09. The molecule has 0 amide bonds. The van der Waals surface area contributed by atoms with Gasteiger partial charge in [0.05, 0.1) is 37.6 Å². The highest BCUT2D eigenvalue weighted by molar-refractivity contribution is 6.01. The molecule has 0 heterocycles. The van der Waals surface area contributed by atoms with Gasteiger partial charge in [0.2, 0.25) is 0 Å². The summed E-state index contributed by atoms with van der Waals surface area (Å²) in [6.45, 7) is 6.62. The maximum atomic E-state index is 10.5. The summed E-state index contributed by atoms with van der Waals surface area (Å²) >= 11 is 0. The van der Waals surface area contributed by atoms with E-state index >= 15 is 0 Å². The van der Waals surface area contributed by atoms with Gasteiger partial charge in [0.15, 0.2) is 0 Å². The number of benzene rings is 1. The Morgan fingerprint density at radius 3 is 1.21 bits per heavy atom. The van der Waals surface area contributed by atoms with Crippen molar-refractivity contribution < 1.29 is 54.6 Å². The number of aromatic carboxylic acids is 2. The topological polar surface area (TPSA) is 199 Å². The van der Waals surface area contributed by atoms with Crippen LogP contribution in [0, 0.1) is 0 Å². The Morgan fingerprint density at radius 1 is 0.759 bits per heavy atom. The van der Waals surface area contributed by atoms with Crippen LogP contribution >= 0.6 is 0 Å². The molecule has 0 aliphatic carbocycles. The number of hydrogen-bond acceptors (Lipinski definition) is 7. The minimum Gasteiger partial charge on any atom is -0.478 e. The van der Waals surface area contributed by atoms with Crippen LogP contribution in [0.3, 0.4) is 0 Å². The SMILES string of the molecule is C=CC(=O)O.C=CC(=O)O.O=C(O)c1ccccc1C(=O)O.OCCOCCO. The zero-order valence-electron chi connectivity index (χ0n) is 15.4. The number of rotatable bonds is 8. The van der Waals surface area contributed by atoms with Crippen molar-refractivity contribution in [2.75, 3.05) is 26.4 Å². The average Bonchev–Trinajstić information content (AvgIpc) is 2.69. The zero-order valence-corrected chi connectivity index (χ0v) is 15.4. The van der Waals surface area contributed by atoms with E-state index in [1.54, 1.807) is 0 Å². The molecule has 0 unspecified atom stereocenters. The molecule has 1 aromatic carbocycles. The van der Waals surface area contributed by atoms with Gasteiger partial charge in [-0.25, -0.2) is 19.2 Å². The van der Waals surface area contributed by atoms with Gasteiger partial charge >= 0.3 is 23.9 Å². The fourth-order valence-corrected chi connectivity index (χ4v) is 1.09. The van der Waals surface area contributed by atoms with Gasteiger partial charge in [-0.05, 0) is 12.1 Å². The highest BCUT2D eigenvalue weighted by Crippen LogP contribution is 2.07. The molecule has 0 aromatic heterocycles. The number of carboxylic acid groups (broad SMARTS) is 4. The van der Waals surface area contributed by atoms with Crippen LogP contribution in [-0.4, -0.2) is 80.9 Å². The van der Waals surface area contributed by atoms with Gasteiger partial charge in [-0.15, -0.1) is 0 Å². The van der Waals surface area contributed by atoms with Crippen molar-refractivity contribution in [2.24, 2.45) is 0 Å². The molecule has 162 valence electrons. The van der Waals surface area contributed by atoms with Crippen molar-refractivity contribution in [3.05, 3.63) is 60.7 Å². The van der Waals surface area contributed by atoms with E-state index in [9.17, 15) is 19.2 Å². The molecule has 1 aromatic rings. The third-order valence-electron chi connectivity index (χ3n) is 2.21. The molecule has 0 atom stereocenters. The molecule has 0 fully saturated rings. The summed E-state index contributed by atoms with van der Waals surface area (Å²) < 4.78 is 4.63. The third-order valence-corrected chi connectivity index (χ3v) is 2.21. The van der Waals surface area contributed by atoms with Crippen LogP contribution in [0.4, 0.5) is 0 Å². The van der Waals surface area contributed by atoms with Crippen molar-refractivity contribution in [1.82, 2.24) is 0 Å². The van der Waals surface area contributed by atoms with Crippen LogP contribution in [0.15, 0.2) is 49.6 Å². The molecule has 6 N–H and O–H groups in total. The van der Waals surface area contributed by atoms with Crippen molar-refractivity contribution >= 4 is 23.9 Å². The van der Waals surface area contributed by atoms with Gasteiger partial charge in [0.25, 0.3) is 0 Å². The van der Waals surface area contributed by atoms with E-state index in [0.29, 0.717) is 13.2 Å². The molecule has 29 heavy (non-hydrogen) atoms. The number of aliphatic hydroxyl groups is 2. The van der Waals surface area contributed by atoms with Crippen LogP contribution in [0.2, 0.25) is 0 Å². The van der Waals surface area contributed by atoms with E-state index in [0.717, 1.165) is 12.2 Å². The maximum Gasteiger partial charge on any atom is 0.336 e. The Labute approximate surface area is 166 Å². The van der Waals surface area contributed by atoms with E-state index in [1.807, 2.05) is 0 Å². The predicted molar refractivity (Wildman–Crippen MR) is 101 cm³/mol. The Balaban J connectivity index is -0.000000341. The molecule has 0 bridgehead atoms. The lowest BCUT2D eigenvalue weighted by molar-refractivity contribution is -0.132. The molecule has 1 rings (SSSR count). The first-order valence-electron chi connectivity index (χ1n) is 7.64. The Hall–Kier alpha value is -3.54. The number of aliphatic hydroxyl groups excluding tert-OH is 2. The Morgan fingerprint density at radius 2 is 1.03 bits per heavy atom. The van der Waals surface area contributed by atoms with Gasteiger partial charge in [-0.1, -0.05) is 25.3 Å². The van der Waals surface area contributed by atoms with E-state index in [-0.39, 0.29) is 24.3 Å². The van der Waals surface area contributed by atoms with Crippen LogP contribution in [-0.2, 0) is 14.3 Å². The number of aliphatic carboxylic acids is 2. The molecular weight excluding hydrogens is 392 g/mol. The third kappa shape index (κ3) is 22.4. The van der Waals surface area contributed by atoms with Crippen LogP contribution in [0.5, 0.6) is 0 Å². The summed E-state index contributed by atoms with van der Waals surface area (Å²) in [6.07, 6.45) is 1.67. The second-order valence-electron chi connectivity index (χ2n) is 4.30. The first-order chi connectivity index (χ1) is 13.6. The largest absolute Gasteiger partial charge is 0.478 e. The number of ether oxygens (including phenoxy) is 1. The lowest BCUT2D eigenvalue weighted by atomic mass is 10.1. The van der Waals surface area contributed by atoms with Gasteiger partial charge < -0.3 is 35.4 Å². The summed E-state index contributed by atoms with van der Waals surface area (Å²) in [5, 5.41) is 48.5. The number of carboxylic acids is 4. The van der Waals surface area contributed by atoms with Crippen molar-refractivity contribution in [3.8, 4) is 0 Å². The van der Waals surface area contributed by atoms with Crippen LogP contribution < -0.4 is 0 Å². The van der Waals surface area contributed by atoms with E-state index in [4.69, 9.17) is 30.6 Å². The first kappa shape index (κ1) is 30.2. The molecule has 0 aliphatic rings. The highest BCUT2D eigenvalue weighted by atomic mass is 16.5. The molecule has 0 aliphatic heterocycles. The summed E-state index contributed by atoms with van der Waals surface area (Å²) in [6, 6.07) is 5.48. The molecule has 0 saturated carbocycles. The molecule has 11 heteroatoms. The van der Waals surface area contributed by atoms with Gasteiger partial charge in [0, 0.05) is 12.2 Å². The molecule has 0 spiro atoms. The van der Waals surface area contributed by atoms with E-state index in [1.165, 1.54) is 24.3 Å². The molecule has 0 saturated heterocycles. The van der Waals surface area contributed by atoms with Gasteiger partial charge in [0.1, 0.15) is 0 Å². The van der Waals surface area contributed by atoms with E-state index in [2.05, 4.69) is 17.9 Å². The van der Waals surface area contributed by atoms with Crippen molar-refractivity contribution in [1.29, 1.82) is 0 Å². The second kappa shape index (κ2) is 20.8. The monoisotopic (exact) mass is 416 g/mol. The Kier molecular flexibility index (Phi) is 21.6. The standard InChI is InChI=1S/C8H6O4.C4H10O3.2C3H4O2/c9-7(10)5-3-1-2-4-6(5)8(11)12;5-1-3-7-4-2-6;2*1-2-3(4)5/h1-4H,(H,9,10)(H,11,12);5-6H,1-4H2;2*2H,1H2,(H,4,5). The minimum absolute atomic E-state index is 0.0278. The van der Waals surface area contributed by atoms with Crippen LogP contribution in [0.25, 0.3) is 0 Å². The Bertz CT molecular complexity index is 598. The van der Waals surface area contributed by atoms with E-state index < -0.39 is 23.9 Å². The smallest absolute Gasteiger partial charge is 0.336 e. The number of hydrogen-bond donors (Lipinski definition) is 6. The van der Waals surface area contributed by atoms with Crippen molar-refractivity contribution in [3.63, 3.8) is 0 Å². The van der Waals surface area contributed by atoms with Gasteiger partial charge in [-0.3, -0.25) is 0 Å². The zero-order chi connectivity index (χ0) is 23.2. The lowest BCUT2D eigenvalue weighted by Gasteiger charge is -1.98. The summed E-state index contributed by atoms with van der Waals surface area (Å²) in [5.74, 6) is -4.42. The average molecular weight is 416 g/mol. The quantitative estimate of drug-likeness (QED) is 0.256.